The van der Waals surface area contributed by atoms with Crippen molar-refractivity contribution >= 4 is 11.4 Å². The molecule has 100 valence electrons. The Hall–Kier alpha value is -1.26. The van der Waals surface area contributed by atoms with E-state index in [1.54, 1.807) is 0 Å². The lowest BCUT2D eigenvalue weighted by Gasteiger charge is -2.38. The van der Waals surface area contributed by atoms with Crippen LogP contribution in [0.3, 0.4) is 0 Å². The first-order chi connectivity index (χ1) is 8.72. The average Bonchev–Trinajstić information content (AvgIpc) is 2.40. The van der Waals surface area contributed by atoms with Gasteiger partial charge in [0.05, 0.1) is 24.1 Å². The molecule has 1 heterocycles. The highest BCUT2D eigenvalue weighted by Gasteiger charge is 2.24. The van der Waals surface area contributed by atoms with Gasteiger partial charge in [-0.15, -0.1) is 0 Å². The van der Waals surface area contributed by atoms with E-state index in [-0.39, 0.29) is 0 Å². The molecule has 1 aliphatic rings. The lowest BCUT2D eigenvalue weighted by atomic mass is 10.1. The predicted molar refractivity (Wildman–Crippen MR) is 74.2 cm³/mol. The summed E-state index contributed by atoms with van der Waals surface area (Å²) in [5.74, 6) is 0. The maximum Gasteiger partial charge on any atom is 0.0948 e. The van der Waals surface area contributed by atoms with Crippen LogP contribution in [0.2, 0.25) is 0 Å². The van der Waals surface area contributed by atoms with Crippen LogP contribution in [0.5, 0.6) is 0 Å². The smallest absolute Gasteiger partial charge is 0.0948 e. The number of anilines is 2. The zero-order chi connectivity index (χ0) is 13.0. The van der Waals surface area contributed by atoms with Gasteiger partial charge in [-0.2, -0.15) is 0 Å². The van der Waals surface area contributed by atoms with Crippen LogP contribution in [0.15, 0.2) is 24.3 Å². The highest BCUT2D eigenvalue weighted by Crippen LogP contribution is 2.30. The molecule has 4 heteroatoms. The molecule has 2 atom stereocenters. The number of rotatable bonds is 5. The molecule has 0 saturated heterocycles. The summed E-state index contributed by atoms with van der Waals surface area (Å²) >= 11 is 0. The van der Waals surface area contributed by atoms with Gasteiger partial charge in [0.2, 0.25) is 0 Å². The normalized spacial score (nSPS) is 20.2. The molecule has 2 unspecified atom stereocenters. The van der Waals surface area contributed by atoms with Gasteiger partial charge >= 0.3 is 0 Å². The second-order valence-electron chi connectivity index (χ2n) is 4.71. The molecule has 0 bridgehead atoms. The minimum atomic E-state index is -0.446. The second-order valence-corrected chi connectivity index (χ2v) is 4.71. The van der Waals surface area contributed by atoms with Crippen LogP contribution in [-0.4, -0.2) is 43.6 Å². The molecular weight excluding hydrogens is 228 g/mol. The van der Waals surface area contributed by atoms with Crippen molar-refractivity contribution in [2.75, 3.05) is 36.5 Å². The lowest BCUT2D eigenvalue weighted by molar-refractivity contribution is 0.0456. The van der Waals surface area contributed by atoms with Gasteiger partial charge in [0, 0.05) is 25.7 Å². The number of ether oxygens (including phenoxy) is 1. The molecule has 1 aliphatic heterocycles. The van der Waals surface area contributed by atoms with E-state index in [9.17, 15) is 5.11 Å². The van der Waals surface area contributed by atoms with Crippen LogP contribution in [0, 0.1) is 0 Å². The lowest BCUT2D eigenvalue weighted by Crippen LogP contribution is -2.46. The Morgan fingerprint density at radius 2 is 2.28 bits per heavy atom. The zero-order valence-corrected chi connectivity index (χ0v) is 11.1. The highest BCUT2D eigenvalue weighted by atomic mass is 16.5. The molecule has 0 saturated carbocycles. The zero-order valence-electron chi connectivity index (χ0n) is 11.1. The first-order valence-corrected chi connectivity index (χ1v) is 6.57. The molecule has 0 amide bonds. The molecular formula is C14H22N2O2. The van der Waals surface area contributed by atoms with E-state index < -0.39 is 6.10 Å². The first-order valence-electron chi connectivity index (χ1n) is 6.57. The summed E-state index contributed by atoms with van der Waals surface area (Å²) in [7, 11) is 0. The Morgan fingerprint density at radius 3 is 3.06 bits per heavy atom. The number of nitrogens with zero attached hydrogens (tertiary/aromatic N) is 1. The molecule has 1 aromatic rings. The van der Waals surface area contributed by atoms with Gasteiger partial charge in [0.1, 0.15) is 0 Å². The SMILES string of the molecule is CCOCC(O)CN1c2ccccc2NCC1C. The van der Waals surface area contributed by atoms with E-state index in [4.69, 9.17) is 4.74 Å². The molecule has 0 aliphatic carbocycles. The van der Waals surface area contributed by atoms with Crippen LogP contribution in [-0.2, 0) is 4.74 Å². The van der Waals surface area contributed by atoms with E-state index >= 15 is 0 Å². The number of aliphatic hydroxyl groups excluding tert-OH is 1. The first kappa shape index (κ1) is 13.2. The summed E-state index contributed by atoms with van der Waals surface area (Å²) < 4.78 is 5.27. The Bertz CT molecular complexity index is 384. The van der Waals surface area contributed by atoms with Crippen LogP contribution >= 0.6 is 0 Å². The maximum absolute atomic E-state index is 9.99. The number of fused-ring (bicyclic) bond motifs is 1. The largest absolute Gasteiger partial charge is 0.389 e. The van der Waals surface area contributed by atoms with Gasteiger partial charge in [-0.1, -0.05) is 12.1 Å². The van der Waals surface area contributed by atoms with Crippen LogP contribution in [0.1, 0.15) is 13.8 Å². The number of hydrogen-bond donors (Lipinski definition) is 2. The maximum atomic E-state index is 9.99. The summed E-state index contributed by atoms with van der Waals surface area (Å²) in [5.41, 5.74) is 2.30. The molecule has 2 N–H and O–H groups in total. The molecule has 0 radical (unpaired) electrons. The van der Waals surface area contributed by atoms with Crippen molar-refractivity contribution < 1.29 is 9.84 Å². The third-order valence-electron chi connectivity index (χ3n) is 3.26. The van der Waals surface area contributed by atoms with Gasteiger partial charge in [-0.05, 0) is 26.0 Å². The summed E-state index contributed by atoms with van der Waals surface area (Å²) in [4.78, 5) is 2.25. The molecule has 0 fully saturated rings. The standard InChI is InChI=1S/C14H22N2O2/c1-3-18-10-12(17)9-16-11(2)8-15-13-6-4-5-7-14(13)16/h4-7,11-12,15,17H,3,8-10H2,1-2H3. The van der Waals surface area contributed by atoms with Crippen molar-refractivity contribution in [2.45, 2.75) is 26.0 Å². The van der Waals surface area contributed by atoms with Gasteiger partial charge < -0.3 is 20.1 Å². The van der Waals surface area contributed by atoms with E-state index in [1.807, 2.05) is 19.1 Å². The van der Waals surface area contributed by atoms with E-state index in [0.29, 0.717) is 25.8 Å². The molecule has 18 heavy (non-hydrogen) atoms. The summed E-state index contributed by atoms with van der Waals surface area (Å²) in [5, 5.41) is 13.4. The van der Waals surface area contributed by atoms with Crippen LogP contribution in [0.25, 0.3) is 0 Å². The summed E-state index contributed by atoms with van der Waals surface area (Å²) in [6.07, 6.45) is -0.446. The number of β-amino-alcohol motifs (C(OH)–C–C–N with tert-alkyl or cyclic N) is 1. The van der Waals surface area contributed by atoms with E-state index in [1.165, 1.54) is 0 Å². The average molecular weight is 250 g/mol. The number of para-hydroxylation sites is 2. The number of hydrogen-bond acceptors (Lipinski definition) is 4. The topological polar surface area (TPSA) is 44.7 Å². The third kappa shape index (κ3) is 2.94. The van der Waals surface area contributed by atoms with Gasteiger partial charge in [-0.3, -0.25) is 0 Å². The van der Waals surface area contributed by atoms with E-state index in [2.05, 4.69) is 29.3 Å². The van der Waals surface area contributed by atoms with Crippen molar-refractivity contribution in [3.63, 3.8) is 0 Å². The Labute approximate surface area is 109 Å². The molecule has 2 rings (SSSR count). The monoisotopic (exact) mass is 250 g/mol. The third-order valence-corrected chi connectivity index (χ3v) is 3.26. The minimum Gasteiger partial charge on any atom is -0.389 e. The molecule has 1 aromatic carbocycles. The van der Waals surface area contributed by atoms with Crippen molar-refractivity contribution in [2.24, 2.45) is 0 Å². The quantitative estimate of drug-likeness (QED) is 0.835. The number of aliphatic hydroxyl groups is 1. The number of benzene rings is 1. The minimum absolute atomic E-state index is 0.371. The fraction of sp³-hybridized carbons (Fsp3) is 0.571. The van der Waals surface area contributed by atoms with E-state index in [0.717, 1.165) is 17.9 Å². The Morgan fingerprint density at radius 1 is 1.50 bits per heavy atom. The molecule has 0 spiro atoms. The van der Waals surface area contributed by atoms with Crippen molar-refractivity contribution in [3.05, 3.63) is 24.3 Å². The number of nitrogens with one attached hydrogen (secondary N) is 1. The molecule has 0 aromatic heterocycles. The van der Waals surface area contributed by atoms with Gasteiger partial charge in [-0.25, -0.2) is 0 Å². The second kappa shape index (κ2) is 6.07. The van der Waals surface area contributed by atoms with Crippen LogP contribution in [0.4, 0.5) is 11.4 Å². The predicted octanol–water partition coefficient (Wildman–Crippen LogP) is 1.70. The molecule has 4 nitrogen and oxygen atoms in total. The Kier molecular flexibility index (Phi) is 4.44. The fourth-order valence-electron chi connectivity index (χ4n) is 2.29. The summed E-state index contributed by atoms with van der Waals surface area (Å²) in [6.45, 7) is 6.66. The fourth-order valence-corrected chi connectivity index (χ4v) is 2.29. The van der Waals surface area contributed by atoms with Crippen LogP contribution < -0.4 is 10.2 Å². The van der Waals surface area contributed by atoms with Gasteiger partial charge in [0.15, 0.2) is 0 Å². The Balaban J connectivity index is 2.07. The van der Waals surface area contributed by atoms with Gasteiger partial charge in [0.25, 0.3) is 0 Å². The highest BCUT2D eigenvalue weighted by molar-refractivity contribution is 5.72. The summed E-state index contributed by atoms with van der Waals surface area (Å²) in [6, 6.07) is 8.59. The van der Waals surface area contributed by atoms with Crippen molar-refractivity contribution in [1.82, 2.24) is 0 Å². The van der Waals surface area contributed by atoms with Crippen molar-refractivity contribution in [3.8, 4) is 0 Å². The van der Waals surface area contributed by atoms with Crippen molar-refractivity contribution in [1.29, 1.82) is 0 Å².